The van der Waals surface area contributed by atoms with Crippen LogP contribution in [0.4, 0.5) is 4.79 Å². The first-order chi connectivity index (χ1) is 10.6. The van der Waals surface area contributed by atoms with E-state index in [4.69, 9.17) is 4.74 Å². The molecule has 0 radical (unpaired) electrons. The van der Waals surface area contributed by atoms with Crippen molar-refractivity contribution in [1.29, 1.82) is 0 Å². The second kappa shape index (κ2) is 5.99. The van der Waals surface area contributed by atoms with E-state index in [9.17, 15) is 9.59 Å². The maximum atomic E-state index is 12.4. The van der Waals surface area contributed by atoms with Gasteiger partial charge < -0.3 is 9.64 Å². The van der Waals surface area contributed by atoms with E-state index >= 15 is 0 Å². The summed E-state index contributed by atoms with van der Waals surface area (Å²) in [4.78, 5) is 27.9. The maximum absolute atomic E-state index is 12.4. The second-order valence-corrected chi connectivity index (χ2v) is 6.13. The molecular formula is C17H22N2O3. The Morgan fingerprint density at radius 2 is 2.05 bits per heavy atom. The number of hydrogen-bond donors (Lipinski definition) is 0. The molecule has 0 saturated carbocycles. The van der Waals surface area contributed by atoms with Gasteiger partial charge in [-0.2, -0.15) is 0 Å². The van der Waals surface area contributed by atoms with E-state index in [-0.39, 0.29) is 24.1 Å². The van der Waals surface area contributed by atoms with E-state index in [1.54, 1.807) is 4.90 Å². The van der Waals surface area contributed by atoms with Gasteiger partial charge in [0.05, 0.1) is 6.54 Å². The van der Waals surface area contributed by atoms with Crippen LogP contribution in [0.1, 0.15) is 31.7 Å². The van der Waals surface area contributed by atoms with Crippen molar-refractivity contribution in [3.63, 3.8) is 0 Å². The van der Waals surface area contributed by atoms with Crippen molar-refractivity contribution in [3.05, 3.63) is 29.8 Å². The van der Waals surface area contributed by atoms with E-state index in [2.05, 4.69) is 0 Å². The van der Waals surface area contributed by atoms with Gasteiger partial charge in [-0.25, -0.2) is 4.79 Å². The highest BCUT2D eigenvalue weighted by Crippen LogP contribution is 2.27. The molecule has 5 nitrogen and oxygen atoms in total. The molecule has 1 unspecified atom stereocenters. The molecule has 3 amide bonds. The Balaban J connectivity index is 1.66. The number of para-hydroxylation sites is 1. The molecule has 2 aliphatic heterocycles. The van der Waals surface area contributed by atoms with Gasteiger partial charge in [0.2, 0.25) is 0 Å². The minimum absolute atomic E-state index is 0.0649. The SMILES string of the molecule is Cc1ccccc1OC(C)CN1C(=O)[C@@H]2CCCCN2C1=O. The normalized spacial score (nSPS) is 22.7. The third-order valence-corrected chi connectivity index (χ3v) is 4.39. The number of piperidine rings is 1. The molecule has 0 aliphatic carbocycles. The number of rotatable bonds is 4. The Morgan fingerprint density at radius 1 is 1.27 bits per heavy atom. The zero-order chi connectivity index (χ0) is 15.7. The van der Waals surface area contributed by atoms with Crippen LogP contribution in [-0.2, 0) is 4.79 Å². The predicted molar refractivity (Wildman–Crippen MR) is 82.7 cm³/mol. The fraction of sp³-hybridized carbons (Fsp3) is 0.529. The number of urea groups is 1. The zero-order valence-corrected chi connectivity index (χ0v) is 13.1. The summed E-state index contributed by atoms with van der Waals surface area (Å²) in [7, 11) is 0. The quantitative estimate of drug-likeness (QED) is 0.803. The molecule has 2 saturated heterocycles. The molecule has 118 valence electrons. The molecular weight excluding hydrogens is 280 g/mol. The van der Waals surface area contributed by atoms with Crippen LogP contribution in [0.2, 0.25) is 0 Å². The molecule has 2 fully saturated rings. The molecule has 2 heterocycles. The number of imide groups is 1. The zero-order valence-electron chi connectivity index (χ0n) is 13.1. The molecule has 0 aromatic heterocycles. The Labute approximate surface area is 130 Å². The Hall–Kier alpha value is -2.04. The van der Waals surface area contributed by atoms with Crippen molar-refractivity contribution in [1.82, 2.24) is 9.80 Å². The second-order valence-electron chi connectivity index (χ2n) is 6.13. The standard InChI is InChI=1S/C17H22N2O3/c1-12-7-3-4-9-15(12)22-13(2)11-19-16(20)14-8-5-6-10-18(14)17(19)21/h3-4,7,9,13-14H,5-6,8,10-11H2,1-2H3/t13?,14-/m0/s1. The Bertz CT molecular complexity index is 563. The predicted octanol–water partition coefficient (Wildman–Crippen LogP) is 2.58. The molecule has 2 atom stereocenters. The number of hydrogen-bond acceptors (Lipinski definition) is 3. The highest BCUT2D eigenvalue weighted by atomic mass is 16.5. The van der Waals surface area contributed by atoms with Gasteiger partial charge in [-0.1, -0.05) is 18.2 Å². The summed E-state index contributed by atoms with van der Waals surface area (Å²) in [5, 5.41) is 0. The van der Waals surface area contributed by atoms with E-state index in [0.717, 1.165) is 30.6 Å². The van der Waals surface area contributed by atoms with E-state index in [1.807, 2.05) is 38.1 Å². The number of carbonyl (C=O) groups is 2. The van der Waals surface area contributed by atoms with Crippen LogP contribution >= 0.6 is 0 Å². The van der Waals surface area contributed by atoms with Crippen LogP contribution < -0.4 is 4.74 Å². The summed E-state index contributed by atoms with van der Waals surface area (Å²) in [5.41, 5.74) is 1.05. The first-order valence-corrected chi connectivity index (χ1v) is 7.92. The lowest BCUT2D eigenvalue weighted by atomic mass is 10.0. The smallest absolute Gasteiger partial charge is 0.327 e. The lowest BCUT2D eigenvalue weighted by Gasteiger charge is -2.26. The number of ether oxygens (including phenoxy) is 1. The van der Waals surface area contributed by atoms with Gasteiger partial charge in [0.25, 0.3) is 5.91 Å². The van der Waals surface area contributed by atoms with E-state index < -0.39 is 0 Å². The van der Waals surface area contributed by atoms with Gasteiger partial charge in [-0.05, 0) is 44.7 Å². The van der Waals surface area contributed by atoms with Gasteiger partial charge in [-0.15, -0.1) is 0 Å². The summed E-state index contributed by atoms with van der Waals surface area (Å²) in [5.74, 6) is 0.733. The Kier molecular flexibility index (Phi) is 4.05. The molecule has 1 aromatic carbocycles. The molecule has 1 aromatic rings. The molecule has 0 N–H and O–H groups in total. The Morgan fingerprint density at radius 3 is 2.77 bits per heavy atom. The van der Waals surface area contributed by atoms with Gasteiger partial charge in [0.1, 0.15) is 17.9 Å². The molecule has 5 heteroatoms. The van der Waals surface area contributed by atoms with Crippen LogP contribution in [0.15, 0.2) is 24.3 Å². The summed E-state index contributed by atoms with van der Waals surface area (Å²) >= 11 is 0. The molecule has 3 rings (SSSR count). The van der Waals surface area contributed by atoms with Crippen LogP contribution in [-0.4, -0.2) is 47.0 Å². The highest BCUT2D eigenvalue weighted by molar-refractivity contribution is 6.04. The largest absolute Gasteiger partial charge is 0.489 e. The summed E-state index contributed by atoms with van der Waals surface area (Å²) < 4.78 is 5.89. The first-order valence-electron chi connectivity index (χ1n) is 7.92. The van der Waals surface area contributed by atoms with Gasteiger partial charge >= 0.3 is 6.03 Å². The van der Waals surface area contributed by atoms with Gasteiger partial charge in [0.15, 0.2) is 0 Å². The number of nitrogens with zero attached hydrogens (tertiary/aromatic N) is 2. The van der Waals surface area contributed by atoms with Crippen LogP contribution in [0.25, 0.3) is 0 Å². The van der Waals surface area contributed by atoms with E-state index in [0.29, 0.717) is 13.1 Å². The molecule has 0 spiro atoms. The number of carbonyl (C=O) groups excluding carboxylic acids is 2. The van der Waals surface area contributed by atoms with Crippen LogP contribution in [0.3, 0.4) is 0 Å². The van der Waals surface area contributed by atoms with Crippen molar-refractivity contribution in [2.45, 2.75) is 45.3 Å². The van der Waals surface area contributed by atoms with Crippen molar-refractivity contribution < 1.29 is 14.3 Å². The number of benzene rings is 1. The molecule has 22 heavy (non-hydrogen) atoms. The van der Waals surface area contributed by atoms with Crippen molar-refractivity contribution in [3.8, 4) is 5.75 Å². The fourth-order valence-corrected chi connectivity index (χ4v) is 3.21. The van der Waals surface area contributed by atoms with Crippen LogP contribution in [0, 0.1) is 6.92 Å². The number of aryl methyl sites for hydroxylation is 1. The summed E-state index contributed by atoms with van der Waals surface area (Å²) in [6, 6.07) is 7.36. The third kappa shape index (κ3) is 2.67. The van der Waals surface area contributed by atoms with Crippen molar-refractivity contribution in [2.75, 3.05) is 13.1 Å². The van der Waals surface area contributed by atoms with Crippen LogP contribution in [0.5, 0.6) is 5.75 Å². The third-order valence-electron chi connectivity index (χ3n) is 4.39. The lowest BCUT2D eigenvalue weighted by Crippen LogP contribution is -2.40. The highest BCUT2D eigenvalue weighted by Gasteiger charge is 2.46. The molecule has 0 bridgehead atoms. The number of fused-ring (bicyclic) bond motifs is 1. The topological polar surface area (TPSA) is 49.9 Å². The van der Waals surface area contributed by atoms with Gasteiger partial charge in [0, 0.05) is 6.54 Å². The minimum Gasteiger partial charge on any atom is -0.489 e. The summed E-state index contributed by atoms with van der Waals surface area (Å²) in [6.45, 7) is 4.87. The van der Waals surface area contributed by atoms with Crippen molar-refractivity contribution >= 4 is 11.9 Å². The fourth-order valence-electron chi connectivity index (χ4n) is 3.21. The molecule has 2 aliphatic rings. The van der Waals surface area contributed by atoms with Crippen molar-refractivity contribution in [2.24, 2.45) is 0 Å². The lowest BCUT2D eigenvalue weighted by molar-refractivity contribution is -0.129. The number of amides is 3. The average Bonchev–Trinajstić information content (AvgIpc) is 2.75. The minimum atomic E-state index is -0.244. The van der Waals surface area contributed by atoms with E-state index in [1.165, 1.54) is 4.90 Å². The first kappa shape index (κ1) is 14.9. The monoisotopic (exact) mass is 302 g/mol. The average molecular weight is 302 g/mol. The van der Waals surface area contributed by atoms with Gasteiger partial charge in [-0.3, -0.25) is 9.69 Å². The summed E-state index contributed by atoms with van der Waals surface area (Å²) in [6.07, 6.45) is 2.56. The maximum Gasteiger partial charge on any atom is 0.327 e.